The highest BCUT2D eigenvalue weighted by Crippen LogP contribution is 2.47. The molecule has 0 spiro atoms. The summed E-state index contributed by atoms with van der Waals surface area (Å²) in [5.41, 5.74) is 5.11. The second kappa shape index (κ2) is 3.96. The largest absolute Gasteiger partial charge is 0.392 e. The molecule has 3 N–H and O–H groups in total. The van der Waals surface area contributed by atoms with Crippen LogP contribution in [-0.4, -0.2) is 40.1 Å². The standard InChI is InChI=1S/C11H18N2O2S/c1-7-4-11(5-7,9(12)16)10(15)13-3-2-8(14)6-13/h7-8,14H,2-6H2,1H3,(H2,12,16). The third kappa shape index (κ3) is 1.72. The van der Waals surface area contributed by atoms with Crippen molar-refractivity contribution in [3.05, 3.63) is 0 Å². The Bertz CT molecular complexity index is 326. The number of aliphatic hydroxyl groups excluding tert-OH is 1. The van der Waals surface area contributed by atoms with E-state index >= 15 is 0 Å². The molecule has 1 aliphatic heterocycles. The van der Waals surface area contributed by atoms with Gasteiger partial charge in [-0.15, -0.1) is 0 Å². The zero-order chi connectivity index (χ0) is 11.9. The van der Waals surface area contributed by atoms with Gasteiger partial charge in [-0.1, -0.05) is 19.1 Å². The first-order valence-corrected chi connectivity index (χ1v) is 6.14. The van der Waals surface area contributed by atoms with Crippen LogP contribution >= 0.6 is 12.2 Å². The molecule has 5 heteroatoms. The van der Waals surface area contributed by atoms with E-state index in [1.807, 2.05) is 0 Å². The molecule has 1 aliphatic carbocycles. The topological polar surface area (TPSA) is 66.6 Å². The monoisotopic (exact) mass is 242 g/mol. The van der Waals surface area contributed by atoms with E-state index in [2.05, 4.69) is 6.92 Å². The minimum Gasteiger partial charge on any atom is -0.392 e. The Morgan fingerprint density at radius 1 is 1.56 bits per heavy atom. The lowest BCUT2D eigenvalue weighted by Crippen LogP contribution is -2.56. The van der Waals surface area contributed by atoms with Crippen LogP contribution < -0.4 is 5.73 Å². The molecule has 0 aromatic carbocycles. The summed E-state index contributed by atoms with van der Waals surface area (Å²) in [6.07, 6.45) is 1.79. The Morgan fingerprint density at radius 2 is 2.19 bits per heavy atom. The van der Waals surface area contributed by atoms with Crippen LogP contribution in [0.3, 0.4) is 0 Å². The first-order valence-electron chi connectivity index (χ1n) is 5.73. The maximum absolute atomic E-state index is 12.3. The summed E-state index contributed by atoms with van der Waals surface area (Å²) >= 11 is 5.04. The third-order valence-corrected chi connectivity index (χ3v) is 4.12. The lowest BCUT2D eigenvalue weighted by atomic mass is 9.61. The smallest absolute Gasteiger partial charge is 0.235 e. The number of aliphatic hydroxyl groups is 1. The Kier molecular flexibility index (Phi) is 2.92. The molecular weight excluding hydrogens is 224 g/mol. The number of thiocarbonyl (C=S) groups is 1. The van der Waals surface area contributed by atoms with E-state index in [0.29, 0.717) is 30.4 Å². The number of nitrogens with zero attached hydrogens (tertiary/aromatic N) is 1. The number of likely N-dealkylation sites (tertiary alicyclic amines) is 1. The molecule has 0 bridgehead atoms. The SMILES string of the molecule is CC1CC(C(=O)N2CCC(O)C2)(C(N)=S)C1. The van der Waals surface area contributed by atoms with Gasteiger partial charge in [0.25, 0.3) is 0 Å². The lowest BCUT2D eigenvalue weighted by molar-refractivity contribution is -0.143. The number of nitrogens with two attached hydrogens (primary N) is 1. The number of hydrogen-bond acceptors (Lipinski definition) is 3. The Hall–Kier alpha value is -0.680. The van der Waals surface area contributed by atoms with Gasteiger partial charge >= 0.3 is 0 Å². The molecule has 90 valence electrons. The Labute approximate surface area is 101 Å². The molecule has 16 heavy (non-hydrogen) atoms. The quantitative estimate of drug-likeness (QED) is 0.683. The summed E-state index contributed by atoms with van der Waals surface area (Å²) < 4.78 is 0. The Morgan fingerprint density at radius 3 is 2.56 bits per heavy atom. The average Bonchev–Trinajstić information content (AvgIpc) is 2.58. The minimum absolute atomic E-state index is 0.0228. The highest BCUT2D eigenvalue weighted by atomic mass is 32.1. The van der Waals surface area contributed by atoms with Gasteiger partial charge in [0.15, 0.2) is 0 Å². The molecule has 1 amide bonds. The van der Waals surface area contributed by atoms with Crippen molar-refractivity contribution < 1.29 is 9.90 Å². The maximum Gasteiger partial charge on any atom is 0.235 e. The fourth-order valence-corrected chi connectivity index (χ4v) is 3.09. The number of carbonyl (C=O) groups excluding carboxylic acids is 1. The van der Waals surface area contributed by atoms with Crippen molar-refractivity contribution in [1.82, 2.24) is 4.90 Å². The molecule has 1 atom stereocenters. The van der Waals surface area contributed by atoms with Crippen LogP contribution in [0, 0.1) is 11.3 Å². The van der Waals surface area contributed by atoms with E-state index in [0.717, 1.165) is 12.8 Å². The van der Waals surface area contributed by atoms with Gasteiger partial charge < -0.3 is 15.7 Å². The first kappa shape index (κ1) is 11.8. The normalized spacial score (nSPS) is 38.2. The van der Waals surface area contributed by atoms with Gasteiger partial charge in [0, 0.05) is 13.1 Å². The van der Waals surface area contributed by atoms with Crippen molar-refractivity contribution in [1.29, 1.82) is 0 Å². The molecule has 4 nitrogen and oxygen atoms in total. The Balaban J connectivity index is 2.10. The molecule has 2 fully saturated rings. The van der Waals surface area contributed by atoms with Crippen molar-refractivity contribution in [3.8, 4) is 0 Å². The maximum atomic E-state index is 12.3. The summed E-state index contributed by atoms with van der Waals surface area (Å²) in [6, 6.07) is 0. The van der Waals surface area contributed by atoms with Crippen molar-refractivity contribution in [2.24, 2.45) is 17.1 Å². The molecule has 2 aliphatic rings. The predicted molar refractivity (Wildman–Crippen MR) is 64.8 cm³/mol. The van der Waals surface area contributed by atoms with Gasteiger partial charge in [0.2, 0.25) is 5.91 Å². The molecule has 1 unspecified atom stereocenters. The molecule has 1 saturated carbocycles. The van der Waals surface area contributed by atoms with E-state index in [1.54, 1.807) is 4.90 Å². The van der Waals surface area contributed by atoms with E-state index in [4.69, 9.17) is 18.0 Å². The number of β-amino-alcohol motifs (C(OH)–C–C–N with tert-alkyl or cyclic N) is 1. The van der Waals surface area contributed by atoms with Crippen molar-refractivity contribution >= 4 is 23.1 Å². The van der Waals surface area contributed by atoms with Gasteiger partial charge in [-0.3, -0.25) is 4.79 Å². The van der Waals surface area contributed by atoms with Crippen molar-refractivity contribution in [3.63, 3.8) is 0 Å². The van der Waals surface area contributed by atoms with Gasteiger partial charge in [0.1, 0.15) is 0 Å². The molecular formula is C11H18N2O2S. The van der Waals surface area contributed by atoms with E-state index in [9.17, 15) is 9.90 Å². The number of amides is 1. The average molecular weight is 242 g/mol. The summed E-state index contributed by atoms with van der Waals surface area (Å²) in [7, 11) is 0. The third-order valence-electron chi connectivity index (χ3n) is 3.73. The van der Waals surface area contributed by atoms with Crippen molar-refractivity contribution in [2.45, 2.75) is 32.3 Å². The van der Waals surface area contributed by atoms with Crippen LogP contribution in [-0.2, 0) is 4.79 Å². The molecule has 2 rings (SSSR count). The lowest BCUT2D eigenvalue weighted by Gasteiger charge is -2.46. The molecule has 0 aromatic heterocycles. The zero-order valence-corrected chi connectivity index (χ0v) is 10.3. The highest BCUT2D eigenvalue weighted by Gasteiger charge is 2.53. The van der Waals surface area contributed by atoms with Crippen LogP contribution in [0.4, 0.5) is 0 Å². The molecule has 1 heterocycles. The molecule has 0 radical (unpaired) electrons. The van der Waals surface area contributed by atoms with Crippen LogP contribution in [0.15, 0.2) is 0 Å². The van der Waals surface area contributed by atoms with E-state index in [1.165, 1.54) is 0 Å². The van der Waals surface area contributed by atoms with Gasteiger partial charge in [0.05, 0.1) is 16.5 Å². The number of hydrogen-bond donors (Lipinski definition) is 2. The van der Waals surface area contributed by atoms with E-state index in [-0.39, 0.29) is 12.0 Å². The van der Waals surface area contributed by atoms with Crippen LogP contribution in [0.1, 0.15) is 26.2 Å². The number of rotatable bonds is 2. The first-order chi connectivity index (χ1) is 7.45. The summed E-state index contributed by atoms with van der Waals surface area (Å²) in [4.78, 5) is 14.4. The van der Waals surface area contributed by atoms with Crippen LogP contribution in [0.2, 0.25) is 0 Å². The fourth-order valence-electron chi connectivity index (χ4n) is 2.84. The van der Waals surface area contributed by atoms with Gasteiger partial charge in [-0.05, 0) is 25.2 Å². The predicted octanol–water partition coefficient (Wildman–Crippen LogP) is 0.282. The van der Waals surface area contributed by atoms with Crippen LogP contribution in [0.25, 0.3) is 0 Å². The fraction of sp³-hybridized carbons (Fsp3) is 0.818. The highest BCUT2D eigenvalue weighted by molar-refractivity contribution is 7.80. The second-order valence-electron chi connectivity index (χ2n) is 5.15. The van der Waals surface area contributed by atoms with Crippen molar-refractivity contribution in [2.75, 3.05) is 13.1 Å². The van der Waals surface area contributed by atoms with Gasteiger partial charge in [-0.25, -0.2) is 0 Å². The summed E-state index contributed by atoms with van der Waals surface area (Å²) in [5.74, 6) is 0.535. The minimum atomic E-state index is -0.612. The number of carbonyl (C=O) groups is 1. The zero-order valence-electron chi connectivity index (χ0n) is 9.48. The summed E-state index contributed by atoms with van der Waals surface area (Å²) in [5, 5.41) is 9.44. The van der Waals surface area contributed by atoms with E-state index < -0.39 is 5.41 Å². The van der Waals surface area contributed by atoms with Crippen LogP contribution in [0.5, 0.6) is 0 Å². The second-order valence-corrected chi connectivity index (χ2v) is 5.59. The van der Waals surface area contributed by atoms with Gasteiger partial charge in [-0.2, -0.15) is 0 Å². The molecule has 0 aromatic rings. The summed E-state index contributed by atoms with van der Waals surface area (Å²) in [6.45, 7) is 3.15. The molecule has 1 saturated heterocycles.